The second-order valence-corrected chi connectivity index (χ2v) is 7.51. The molecule has 0 heterocycles. The molecule has 0 atom stereocenters. The van der Waals surface area contributed by atoms with Gasteiger partial charge < -0.3 is 10.1 Å². The van der Waals surface area contributed by atoms with Crippen LogP contribution in [0.15, 0.2) is 48.5 Å². The summed E-state index contributed by atoms with van der Waals surface area (Å²) in [6, 6.07) is 13.7. The minimum absolute atomic E-state index is 0.0317. The van der Waals surface area contributed by atoms with Crippen LogP contribution in [0.4, 0.5) is 5.69 Å². The lowest BCUT2D eigenvalue weighted by Crippen LogP contribution is -2.28. The molecule has 26 heavy (non-hydrogen) atoms. The van der Waals surface area contributed by atoms with Gasteiger partial charge in [0.05, 0.1) is 17.5 Å². The predicted octanol–water partition coefficient (Wildman–Crippen LogP) is 1.84. The number of ether oxygens (including phenoxy) is 1. The van der Waals surface area contributed by atoms with Crippen molar-refractivity contribution in [2.75, 3.05) is 17.6 Å². The number of sulfonamides is 1. The first kappa shape index (κ1) is 19.5. The Bertz CT molecular complexity index is 892. The third kappa shape index (κ3) is 6.21. The highest BCUT2D eigenvalue weighted by atomic mass is 32.2. The molecule has 0 radical (unpaired) electrons. The number of hydrogen-bond donors (Lipinski definition) is 2. The summed E-state index contributed by atoms with van der Waals surface area (Å²) in [4.78, 5) is 24.0. The average Bonchev–Trinajstić information content (AvgIpc) is 2.58. The quantitative estimate of drug-likeness (QED) is 0.718. The van der Waals surface area contributed by atoms with Gasteiger partial charge in [-0.25, -0.2) is 13.2 Å². The number of carbonyl (C=O) groups excluding carboxylic acids is 2. The highest BCUT2D eigenvalue weighted by molar-refractivity contribution is 7.92. The lowest BCUT2D eigenvalue weighted by atomic mass is 10.1. The lowest BCUT2D eigenvalue weighted by Gasteiger charge is -2.10. The molecule has 0 saturated heterocycles. The monoisotopic (exact) mass is 376 g/mol. The van der Waals surface area contributed by atoms with Crippen molar-refractivity contribution in [1.82, 2.24) is 5.32 Å². The minimum Gasteiger partial charge on any atom is -0.452 e. The Kier molecular flexibility index (Phi) is 6.35. The Morgan fingerprint density at radius 2 is 1.69 bits per heavy atom. The summed E-state index contributed by atoms with van der Waals surface area (Å²) in [5.41, 5.74) is 2.18. The lowest BCUT2D eigenvalue weighted by molar-refractivity contribution is -0.124. The zero-order valence-corrected chi connectivity index (χ0v) is 15.3. The second-order valence-electron chi connectivity index (χ2n) is 5.76. The van der Waals surface area contributed by atoms with Crippen molar-refractivity contribution in [3.63, 3.8) is 0 Å². The summed E-state index contributed by atoms with van der Waals surface area (Å²) < 4.78 is 29.9. The average molecular weight is 376 g/mol. The van der Waals surface area contributed by atoms with Gasteiger partial charge in [0.2, 0.25) is 10.0 Å². The van der Waals surface area contributed by atoms with Gasteiger partial charge in [-0.2, -0.15) is 0 Å². The fourth-order valence-electron chi connectivity index (χ4n) is 2.12. The molecule has 0 bridgehead atoms. The van der Waals surface area contributed by atoms with Crippen molar-refractivity contribution in [2.45, 2.75) is 13.5 Å². The van der Waals surface area contributed by atoms with E-state index in [4.69, 9.17) is 4.74 Å². The Balaban J connectivity index is 1.90. The fraction of sp³-hybridized carbons (Fsp3) is 0.222. The van der Waals surface area contributed by atoms with Crippen LogP contribution in [0.3, 0.4) is 0 Å². The maximum atomic E-state index is 12.1. The number of carbonyl (C=O) groups is 2. The zero-order chi connectivity index (χ0) is 19.2. The van der Waals surface area contributed by atoms with Crippen LogP contribution in [-0.4, -0.2) is 33.2 Å². The van der Waals surface area contributed by atoms with Crippen LogP contribution in [0.2, 0.25) is 0 Å². The van der Waals surface area contributed by atoms with Gasteiger partial charge in [0.1, 0.15) is 0 Å². The van der Waals surface area contributed by atoms with E-state index in [2.05, 4.69) is 10.0 Å². The molecule has 0 aliphatic carbocycles. The van der Waals surface area contributed by atoms with Crippen molar-refractivity contribution in [2.24, 2.45) is 0 Å². The largest absolute Gasteiger partial charge is 0.452 e. The Labute approximate surface area is 152 Å². The molecule has 0 fully saturated rings. The zero-order valence-electron chi connectivity index (χ0n) is 14.5. The standard InChI is InChI=1S/C18H20N2O5S/c1-13-7-9-14(10-8-13)11-19-17(21)12-25-18(22)15-5-3-4-6-16(15)20-26(2,23)24/h3-10,20H,11-12H2,1-2H3,(H,19,21). The van der Waals surface area contributed by atoms with Gasteiger partial charge in [-0.05, 0) is 24.6 Å². The maximum Gasteiger partial charge on any atom is 0.340 e. The van der Waals surface area contributed by atoms with Crippen molar-refractivity contribution in [1.29, 1.82) is 0 Å². The van der Waals surface area contributed by atoms with E-state index in [9.17, 15) is 18.0 Å². The highest BCUT2D eigenvalue weighted by Crippen LogP contribution is 2.17. The van der Waals surface area contributed by atoms with Crippen LogP contribution in [0.1, 0.15) is 21.5 Å². The first-order valence-electron chi connectivity index (χ1n) is 7.81. The van der Waals surface area contributed by atoms with Crippen molar-refractivity contribution in [3.8, 4) is 0 Å². The van der Waals surface area contributed by atoms with Gasteiger partial charge >= 0.3 is 5.97 Å². The van der Waals surface area contributed by atoms with Gasteiger partial charge in [-0.3, -0.25) is 9.52 Å². The molecule has 2 rings (SSSR count). The summed E-state index contributed by atoms with van der Waals surface area (Å²) in [5.74, 6) is -1.24. The molecule has 0 unspecified atom stereocenters. The van der Waals surface area contributed by atoms with Crippen molar-refractivity contribution in [3.05, 3.63) is 65.2 Å². The molecule has 138 valence electrons. The van der Waals surface area contributed by atoms with Crippen LogP contribution < -0.4 is 10.0 Å². The van der Waals surface area contributed by atoms with Crippen LogP contribution in [-0.2, 0) is 26.1 Å². The Hall–Kier alpha value is -2.87. The molecule has 2 aromatic carbocycles. The summed E-state index contributed by atoms with van der Waals surface area (Å²) in [6.07, 6.45) is 0.980. The molecular weight excluding hydrogens is 356 g/mol. The number of amides is 1. The van der Waals surface area contributed by atoms with Crippen molar-refractivity contribution < 1.29 is 22.7 Å². The number of para-hydroxylation sites is 1. The summed E-state index contributed by atoms with van der Waals surface area (Å²) in [7, 11) is -3.54. The van der Waals surface area contributed by atoms with E-state index in [1.54, 1.807) is 12.1 Å². The van der Waals surface area contributed by atoms with E-state index < -0.39 is 28.5 Å². The molecule has 0 aromatic heterocycles. The number of hydrogen-bond acceptors (Lipinski definition) is 5. The molecule has 0 aliphatic heterocycles. The van der Waals surface area contributed by atoms with Crippen LogP contribution in [0.5, 0.6) is 0 Å². The molecule has 7 nitrogen and oxygen atoms in total. The van der Waals surface area contributed by atoms with Gasteiger partial charge in [0, 0.05) is 6.54 Å². The molecule has 2 aromatic rings. The number of rotatable bonds is 7. The number of aryl methyl sites for hydroxylation is 1. The first-order valence-corrected chi connectivity index (χ1v) is 9.70. The summed E-state index contributed by atoms with van der Waals surface area (Å²) in [6.45, 7) is 1.83. The van der Waals surface area contributed by atoms with E-state index in [-0.39, 0.29) is 11.3 Å². The van der Waals surface area contributed by atoms with E-state index in [1.807, 2.05) is 31.2 Å². The summed E-state index contributed by atoms with van der Waals surface area (Å²) in [5, 5.41) is 2.65. The number of esters is 1. The third-order valence-corrected chi connectivity index (χ3v) is 3.98. The van der Waals surface area contributed by atoms with Gasteiger partial charge in [-0.15, -0.1) is 0 Å². The topological polar surface area (TPSA) is 102 Å². The number of nitrogens with one attached hydrogen (secondary N) is 2. The molecule has 8 heteroatoms. The van der Waals surface area contributed by atoms with E-state index >= 15 is 0 Å². The molecule has 0 aliphatic rings. The smallest absolute Gasteiger partial charge is 0.340 e. The van der Waals surface area contributed by atoms with Gasteiger partial charge in [0.15, 0.2) is 6.61 Å². The number of anilines is 1. The van der Waals surface area contributed by atoms with Crippen LogP contribution in [0, 0.1) is 6.92 Å². The first-order chi connectivity index (χ1) is 12.2. The molecular formula is C18H20N2O5S. The highest BCUT2D eigenvalue weighted by Gasteiger charge is 2.16. The summed E-state index contributed by atoms with van der Waals surface area (Å²) >= 11 is 0. The van der Waals surface area contributed by atoms with Gasteiger partial charge in [0.25, 0.3) is 5.91 Å². The minimum atomic E-state index is -3.54. The second kappa shape index (κ2) is 8.48. The Morgan fingerprint density at radius 3 is 2.35 bits per heavy atom. The van der Waals surface area contributed by atoms with Crippen LogP contribution >= 0.6 is 0 Å². The number of benzene rings is 2. The normalized spacial score (nSPS) is 10.8. The van der Waals surface area contributed by atoms with Crippen molar-refractivity contribution >= 4 is 27.6 Å². The van der Waals surface area contributed by atoms with Crippen LogP contribution in [0.25, 0.3) is 0 Å². The SMILES string of the molecule is Cc1ccc(CNC(=O)COC(=O)c2ccccc2NS(C)(=O)=O)cc1. The molecule has 2 N–H and O–H groups in total. The predicted molar refractivity (Wildman–Crippen MR) is 98.2 cm³/mol. The molecule has 1 amide bonds. The molecule has 0 saturated carbocycles. The van der Waals surface area contributed by atoms with E-state index in [0.29, 0.717) is 6.54 Å². The third-order valence-electron chi connectivity index (χ3n) is 3.39. The maximum absolute atomic E-state index is 12.1. The van der Waals surface area contributed by atoms with E-state index in [1.165, 1.54) is 12.1 Å². The van der Waals surface area contributed by atoms with E-state index in [0.717, 1.165) is 17.4 Å². The Morgan fingerprint density at radius 1 is 1.04 bits per heavy atom. The molecule has 0 spiro atoms. The van der Waals surface area contributed by atoms with Gasteiger partial charge in [-0.1, -0.05) is 42.0 Å². The fourth-order valence-corrected chi connectivity index (χ4v) is 2.69.